The number of amides is 1. The lowest BCUT2D eigenvalue weighted by Gasteiger charge is -2.33. The molecule has 0 radical (unpaired) electrons. The van der Waals surface area contributed by atoms with Crippen molar-refractivity contribution in [1.82, 2.24) is 10.2 Å². The second-order valence-corrected chi connectivity index (χ2v) is 7.85. The predicted molar refractivity (Wildman–Crippen MR) is 114 cm³/mol. The van der Waals surface area contributed by atoms with Crippen LogP contribution in [0.15, 0.2) is 48.5 Å². The molecule has 0 spiro atoms. The van der Waals surface area contributed by atoms with Crippen molar-refractivity contribution in [3.8, 4) is 0 Å². The van der Waals surface area contributed by atoms with E-state index in [1.165, 1.54) is 5.56 Å². The molecule has 0 aliphatic carbocycles. The lowest BCUT2D eigenvalue weighted by molar-refractivity contribution is -0.138. The fraction of sp³-hybridized carbons (Fsp3) is 0.409. The molecule has 28 heavy (non-hydrogen) atoms. The van der Waals surface area contributed by atoms with E-state index >= 15 is 0 Å². The van der Waals surface area contributed by atoms with Crippen LogP contribution in [0.2, 0.25) is 10.0 Å². The van der Waals surface area contributed by atoms with Crippen molar-refractivity contribution >= 4 is 29.1 Å². The van der Waals surface area contributed by atoms with Gasteiger partial charge in [-0.2, -0.15) is 0 Å². The first-order valence-electron chi connectivity index (χ1n) is 9.70. The molecule has 1 fully saturated rings. The van der Waals surface area contributed by atoms with Crippen molar-refractivity contribution in [2.24, 2.45) is 0 Å². The summed E-state index contributed by atoms with van der Waals surface area (Å²) in [6.45, 7) is 3.50. The molecule has 0 bridgehead atoms. The molecule has 1 aliphatic heterocycles. The van der Waals surface area contributed by atoms with Crippen LogP contribution < -0.4 is 5.32 Å². The van der Waals surface area contributed by atoms with E-state index in [1.807, 2.05) is 41.3 Å². The fourth-order valence-corrected chi connectivity index (χ4v) is 3.64. The molecule has 4 nitrogen and oxygen atoms in total. The summed E-state index contributed by atoms with van der Waals surface area (Å²) in [7, 11) is 0. The number of rotatable bonds is 8. The predicted octanol–water partition coefficient (Wildman–Crippen LogP) is 4.33. The van der Waals surface area contributed by atoms with Crippen LogP contribution in [0.1, 0.15) is 24.0 Å². The Hall–Kier alpha value is -1.59. The number of ether oxygens (including phenoxy) is 1. The van der Waals surface area contributed by atoms with Crippen LogP contribution in [-0.2, 0) is 22.5 Å². The van der Waals surface area contributed by atoms with Crippen molar-refractivity contribution in [2.75, 3.05) is 26.2 Å². The Kier molecular flexibility index (Phi) is 8.16. The van der Waals surface area contributed by atoms with E-state index in [2.05, 4.69) is 17.4 Å². The summed E-state index contributed by atoms with van der Waals surface area (Å²) in [5.74, 6) is 0.209. The van der Waals surface area contributed by atoms with Gasteiger partial charge in [-0.15, -0.1) is 0 Å². The lowest BCUT2D eigenvalue weighted by Crippen LogP contribution is -2.46. The molecule has 1 N–H and O–H groups in total. The van der Waals surface area contributed by atoms with Gasteiger partial charge in [-0.25, -0.2) is 0 Å². The second-order valence-electron chi connectivity index (χ2n) is 7.03. The van der Waals surface area contributed by atoms with Crippen molar-refractivity contribution in [3.05, 3.63) is 69.7 Å². The molecule has 1 heterocycles. The quantitative estimate of drug-likeness (QED) is 0.645. The maximum absolute atomic E-state index is 12.5. The highest BCUT2D eigenvalue weighted by Crippen LogP contribution is 2.22. The Morgan fingerprint density at radius 3 is 2.71 bits per heavy atom. The summed E-state index contributed by atoms with van der Waals surface area (Å²) in [6, 6.07) is 15.8. The molecular weight excluding hydrogens is 395 g/mol. The zero-order valence-corrected chi connectivity index (χ0v) is 17.4. The number of carbonyl (C=O) groups is 1. The van der Waals surface area contributed by atoms with Gasteiger partial charge in [0.05, 0.1) is 22.8 Å². The second kappa shape index (κ2) is 10.8. The van der Waals surface area contributed by atoms with Gasteiger partial charge in [0.2, 0.25) is 5.91 Å². The van der Waals surface area contributed by atoms with Gasteiger partial charge in [0.25, 0.3) is 0 Å². The van der Waals surface area contributed by atoms with Crippen LogP contribution in [0.25, 0.3) is 0 Å². The van der Waals surface area contributed by atoms with Crippen LogP contribution in [0, 0.1) is 0 Å². The number of nitrogens with zero attached hydrogens (tertiary/aromatic N) is 1. The van der Waals surface area contributed by atoms with Crippen LogP contribution in [0.5, 0.6) is 0 Å². The van der Waals surface area contributed by atoms with Crippen LogP contribution in [0.4, 0.5) is 0 Å². The highest BCUT2D eigenvalue weighted by molar-refractivity contribution is 6.42. The Labute approximate surface area is 176 Å². The van der Waals surface area contributed by atoms with Gasteiger partial charge in [0.15, 0.2) is 0 Å². The van der Waals surface area contributed by atoms with E-state index in [1.54, 1.807) is 0 Å². The normalized spacial score (nSPS) is 16.9. The molecule has 2 aromatic carbocycles. The van der Waals surface area contributed by atoms with Crippen LogP contribution in [-0.4, -0.2) is 43.2 Å². The SMILES string of the molecule is O=C(CCc1ccccc1)N1CCOC(CCNCc2ccc(Cl)c(Cl)c2)C1. The molecule has 0 saturated carbocycles. The zero-order valence-electron chi connectivity index (χ0n) is 15.9. The molecule has 3 rings (SSSR count). The lowest BCUT2D eigenvalue weighted by atomic mass is 10.1. The standard InChI is InChI=1S/C22H26Cl2N2O2/c23-20-8-6-18(14-21(20)24)15-25-11-10-19-16-26(12-13-28-19)22(27)9-7-17-4-2-1-3-5-17/h1-6,8,14,19,25H,7,9-13,15-16H2. The minimum atomic E-state index is 0.0794. The molecular formula is C22H26Cl2N2O2. The van der Waals surface area contributed by atoms with Crippen molar-refractivity contribution < 1.29 is 9.53 Å². The van der Waals surface area contributed by atoms with Gasteiger partial charge in [0, 0.05) is 26.1 Å². The first-order chi connectivity index (χ1) is 13.6. The summed E-state index contributed by atoms with van der Waals surface area (Å²) in [5, 5.41) is 4.54. The van der Waals surface area contributed by atoms with Gasteiger partial charge < -0.3 is 15.0 Å². The average Bonchev–Trinajstić information content (AvgIpc) is 2.73. The van der Waals surface area contributed by atoms with E-state index in [4.69, 9.17) is 27.9 Å². The first kappa shape index (κ1) is 21.1. The van der Waals surface area contributed by atoms with Crippen molar-refractivity contribution in [3.63, 3.8) is 0 Å². The van der Waals surface area contributed by atoms with E-state index in [0.29, 0.717) is 36.2 Å². The van der Waals surface area contributed by atoms with Gasteiger partial charge in [-0.1, -0.05) is 59.6 Å². The molecule has 1 atom stereocenters. The van der Waals surface area contributed by atoms with E-state index < -0.39 is 0 Å². The third-order valence-corrected chi connectivity index (χ3v) is 5.66. The van der Waals surface area contributed by atoms with Gasteiger partial charge >= 0.3 is 0 Å². The summed E-state index contributed by atoms with van der Waals surface area (Å²) in [4.78, 5) is 14.5. The highest BCUT2D eigenvalue weighted by Gasteiger charge is 2.23. The summed E-state index contributed by atoms with van der Waals surface area (Å²) in [6.07, 6.45) is 2.28. The minimum absolute atomic E-state index is 0.0794. The summed E-state index contributed by atoms with van der Waals surface area (Å²) in [5.41, 5.74) is 2.30. The number of benzene rings is 2. The summed E-state index contributed by atoms with van der Waals surface area (Å²) >= 11 is 12.0. The fourth-order valence-electron chi connectivity index (χ4n) is 3.32. The number of aryl methyl sites for hydroxylation is 1. The first-order valence-corrected chi connectivity index (χ1v) is 10.5. The van der Waals surface area contributed by atoms with E-state index in [9.17, 15) is 4.79 Å². The largest absolute Gasteiger partial charge is 0.374 e. The number of hydrogen-bond donors (Lipinski definition) is 1. The van der Waals surface area contributed by atoms with E-state index in [0.717, 1.165) is 31.5 Å². The molecule has 0 aromatic heterocycles. The Balaban J connectivity index is 1.37. The zero-order chi connectivity index (χ0) is 19.8. The number of nitrogens with one attached hydrogen (secondary N) is 1. The average molecular weight is 421 g/mol. The topological polar surface area (TPSA) is 41.6 Å². The monoisotopic (exact) mass is 420 g/mol. The number of hydrogen-bond acceptors (Lipinski definition) is 3. The summed E-state index contributed by atoms with van der Waals surface area (Å²) < 4.78 is 5.84. The maximum Gasteiger partial charge on any atom is 0.223 e. The highest BCUT2D eigenvalue weighted by atomic mass is 35.5. The number of halogens is 2. The van der Waals surface area contributed by atoms with Crippen molar-refractivity contribution in [2.45, 2.75) is 31.9 Å². The Morgan fingerprint density at radius 1 is 1.11 bits per heavy atom. The smallest absolute Gasteiger partial charge is 0.223 e. The molecule has 1 saturated heterocycles. The maximum atomic E-state index is 12.5. The molecule has 1 amide bonds. The molecule has 150 valence electrons. The van der Waals surface area contributed by atoms with E-state index in [-0.39, 0.29) is 12.0 Å². The third-order valence-electron chi connectivity index (χ3n) is 4.92. The third kappa shape index (κ3) is 6.49. The van der Waals surface area contributed by atoms with Gasteiger partial charge in [0.1, 0.15) is 0 Å². The molecule has 1 aliphatic rings. The number of morpholine rings is 1. The number of carbonyl (C=O) groups excluding carboxylic acids is 1. The van der Waals surface area contributed by atoms with Crippen LogP contribution in [0.3, 0.4) is 0 Å². The molecule has 2 aromatic rings. The molecule has 6 heteroatoms. The Bertz CT molecular complexity index is 770. The minimum Gasteiger partial charge on any atom is -0.374 e. The Morgan fingerprint density at radius 2 is 1.93 bits per heavy atom. The van der Waals surface area contributed by atoms with Crippen LogP contribution >= 0.6 is 23.2 Å². The van der Waals surface area contributed by atoms with Gasteiger partial charge in [-0.3, -0.25) is 4.79 Å². The van der Waals surface area contributed by atoms with Crippen molar-refractivity contribution in [1.29, 1.82) is 0 Å². The van der Waals surface area contributed by atoms with Gasteiger partial charge in [-0.05, 0) is 42.6 Å². The molecule has 1 unspecified atom stereocenters.